The average molecular weight is 417 g/mol. The minimum atomic E-state index is -0.356. The van der Waals surface area contributed by atoms with Gasteiger partial charge in [-0.25, -0.2) is 4.79 Å². The highest BCUT2D eigenvalue weighted by molar-refractivity contribution is 5.99. The number of carbonyl (C=O) groups excluding carboxylic acids is 1. The van der Waals surface area contributed by atoms with E-state index < -0.39 is 0 Å². The Labute approximate surface area is 182 Å². The van der Waals surface area contributed by atoms with Crippen molar-refractivity contribution in [3.8, 4) is 0 Å². The summed E-state index contributed by atoms with van der Waals surface area (Å²) in [5.41, 5.74) is 4.38. The highest BCUT2D eigenvalue weighted by Gasteiger charge is 2.22. The fourth-order valence-electron chi connectivity index (χ4n) is 3.30. The van der Waals surface area contributed by atoms with Gasteiger partial charge in [-0.3, -0.25) is 5.32 Å². The number of anilines is 2. The third kappa shape index (κ3) is 5.61. The Bertz CT molecular complexity index is 1060. The summed E-state index contributed by atoms with van der Waals surface area (Å²) in [6.45, 7) is 6.88. The van der Waals surface area contributed by atoms with Gasteiger partial charge in [0.15, 0.2) is 5.82 Å². The van der Waals surface area contributed by atoms with Gasteiger partial charge in [0, 0.05) is 23.7 Å². The van der Waals surface area contributed by atoms with Crippen LogP contribution in [0.5, 0.6) is 0 Å². The molecule has 1 heterocycles. The third-order valence-electron chi connectivity index (χ3n) is 5.16. The molecule has 1 atom stereocenters. The molecule has 4 rings (SSSR count). The van der Waals surface area contributed by atoms with Crippen LogP contribution in [0.15, 0.2) is 76.8 Å². The van der Waals surface area contributed by atoms with Crippen molar-refractivity contribution < 1.29 is 9.32 Å². The predicted molar refractivity (Wildman–Crippen MR) is 123 cm³/mol. The van der Waals surface area contributed by atoms with E-state index in [4.69, 9.17) is 4.52 Å². The Kier molecular flexibility index (Phi) is 5.91. The number of carbonyl (C=O) groups is 1. The van der Waals surface area contributed by atoms with E-state index in [9.17, 15) is 4.79 Å². The molecular weight excluding hydrogens is 388 g/mol. The lowest BCUT2D eigenvalue weighted by Gasteiger charge is -2.18. The minimum Gasteiger partial charge on any atom is -0.359 e. The molecule has 31 heavy (non-hydrogen) atoms. The topological polar surface area (TPSA) is 79.2 Å². The first-order valence-corrected chi connectivity index (χ1v) is 10.5. The third-order valence-corrected chi connectivity index (χ3v) is 5.16. The Balaban J connectivity index is 1.35. The van der Waals surface area contributed by atoms with Crippen LogP contribution in [0, 0.1) is 0 Å². The average Bonchev–Trinajstić information content (AvgIpc) is 3.46. The number of aromatic nitrogens is 1. The van der Waals surface area contributed by atoms with Crippen LogP contribution >= 0.6 is 0 Å². The molecule has 160 valence electrons. The van der Waals surface area contributed by atoms with Gasteiger partial charge >= 0.3 is 6.03 Å². The normalized spacial score (nSPS) is 14.0. The van der Waals surface area contributed by atoms with E-state index in [1.165, 1.54) is 16.7 Å². The number of hydrogen-bond acceptors (Lipinski definition) is 4. The van der Waals surface area contributed by atoms with E-state index >= 15 is 0 Å². The van der Waals surface area contributed by atoms with Crippen LogP contribution in [-0.4, -0.2) is 11.2 Å². The highest BCUT2D eigenvalue weighted by Crippen LogP contribution is 2.34. The van der Waals surface area contributed by atoms with Gasteiger partial charge in [-0.05, 0) is 35.3 Å². The molecule has 0 radical (unpaired) electrons. The Hall–Kier alpha value is -3.38. The molecule has 0 fully saturated rings. The number of allylic oxidation sites excluding steroid dienone is 1. The van der Waals surface area contributed by atoms with Crippen molar-refractivity contribution in [3.05, 3.63) is 89.2 Å². The maximum absolute atomic E-state index is 12.3. The molecule has 2 amide bonds. The van der Waals surface area contributed by atoms with Crippen molar-refractivity contribution in [1.29, 1.82) is 0 Å². The van der Waals surface area contributed by atoms with E-state index in [0.717, 1.165) is 18.7 Å². The summed E-state index contributed by atoms with van der Waals surface area (Å²) in [7, 11) is 0. The number of nitrogens with one attached hydrogen (secondary N) is 3. The van der Waals surface area contributed by atoms with Crippen molar-refractivity contribution in [1.82, 2.24) is 10.5 Å². The number of nitrogens with zero attached hydrogens (tertiary/aromatic N) is 1. The lowest BCUT2D eigenvalue weighted by Crippen LogP contribution is -2.21. The number of amides is 2. The molecule has 1 aliphatic rings. The van der Waals surface area contributed by atoms with Gasteiger partial charge in [0.2, 0.25) is 0 Å². The van der Waals surface area contributed by atoms with Crippen LogP contribution in [0.4, 0.5) is 16.3 Å². The quantitative estimate of drug-likeness (QED) is 0.427. The van der Waals surface area contributed by atoms with Gasteiger partial charge < -0.3 is 15.2 Å². The van der Waals surface area contributed by atoms with Crippen molar-refractivity contribution >= 4 is 17.5 Å². The maximum Gasteiger partial charge on any atom is 0.324 e. The first-order valence-electron chi connectivity index (χ1n) is 10.5. The molecule has 0 saturated heterocycles. The number of hydrogen-bond donors (Lipinski definition) is 3. The molecule has 0 aliphatic heterocycles. The molecule has 3 aromatic rings. The predicted octanol–water partition coefficient (Wildman–Crippen LogP) is 5.78. The zero-order chi connectivity index (χ0) is 21.8. The van der Waals surface area contributed by atoms with Crippen molar-refractivity contribution in [2.75, 3.05) is 10.6 Å². The van der Waals surface area contributed by atoms with E-state index in [0.29, 0.717) is 11.5 Å². The van der Waals surface area contributed by atoms with Crippen LogP contribution in [0.25, 0.3) is 0 Å². The van der Waals surface area contributed by atoms with E-state index in [-0.39, 0.29) is 17.5 Å². The minimum absolute atomic E-state index is 0.165. The summed E-state index contributed by atoms with van der Waals surface area (Å²) in [6.07, 6.45) is 3.29. The SMILES string of the molecule is CC(C)(C)c1cc(NC(=O)Nc2ccc(C(NCc3ccccc3)C3=CC3)cc2)no1. The van der Waals surface area contributed by atoms with E-state index in [1.807, 2.05) is 51.1 Å². The van der Waals surface area contributed by atoms with Crippen molar-refractivity contribution in [3.63, 3.8) is 0 Å². The number of rotatable bonds is 7. The van der Waals surface area contributed by atoms with Crippen LogP contribution in [0.1, 0.15) is 50.1 Å². The summed E-state index contributed by atoms with van der Waals surface area (Å²) < 4.78 is 5.30. The number of urea groups is 1. The summed E-state index contributed by atoms with van der Waals surface area (Å²) in [5, 5.41) is 13.1. The smallest absolute Gasteiger partial charge is 0.324 e. The van der Waals surface area contributed by atoms with Crippen LogP contribution in [0.2, 0.25) is 0 Å². The van der Waals surface area contributed by atoms with Gasteiger partial charge in [0.05, 0.1) is 6.04 Å². The fraction of sp³-hybridized carbons (Fsp3) is 0.280. The molecule has 2 aromatic carbocycles. The van der Waals surface area contributed by atoms with E-state index in [2.05, 4.69) is 51.4 Å². The first kappa shape index (κ1) is 20.9. The van der Waals surface area contributed by atoms with Crippen LogP contribution in [-0.2, 0) is 12.0 Å². The summed E-state index contributed by atoms with van der Waals surface area (Å²) in [4.78, 5) is 12.3. The highest BCUT2D eigenvalue weighted by atomic mass is 16.5. The van der Waals surface area contributed by atoms with Crippen LogP contribution < -0.4 is 16.0 Å². The van der Waals surface area contributed by atoms with Gasteiger partial charge in [-0.1, -0.05) is 74.5 Å². The zero-order valence-corrected chi connectivity index (χ0v) is 18.1. The lowest BCUT2D eigenvalue weighted by atomic mass is 9.93. The number of benzene rings is 2. The first-order chi connectivity index (χ1) is 14.9. The standard InChI is InChI=1S/C25H28N4O2/c1-25(2,3)21-15-22(29-31-21)28-24(30)27-20-13-11-19(12-14-20)23(18-9-10-18)26-16-17-7-5-4-6-8-17/h4-9,11-15,23,26H,10,16H2,1-3H3,(H2,27,28,29,30). The molecular formula is C25H28N4O2. The monoisotopic (exact) mass is 416 g/mol. The van der Waals surface area contributed by atoms with Crippen molar-refractivity contribution in [2.45, 2.75) is 45.2 Å². The Morgan fingerprint density at radius 3 is 2.39 bits per heavy atom. The molecule has 0 bridgehead atoms. The Morgan fingerprint density at radius 2 is 1.77 bits per heavy atom. The molecule has 1 aliphatic carbocycles. The second-order valence-electron chi connectivity index (χ2n) is 8.81. The van der Waals surface area contributed by atoms with Crippen LogP contribution in [0.3, 0.4) is 0 Å². The van der Waals surface area contributed by atoms with E-state index in [1.54, 1.807) is 6.07 Å². The molecule has 3 N–H and O–H groups in total. The van der Waals surface area contributed by atoms with Gasteiger partial charge in [0.25, 0.3) is 0 Å². The maximum atomic E-state index is 12.3. The molecule has 1 unspecified atom stereocenters. The lowest BCUT2D eigenvalue weighted by molar-refractivity contribution is 0.262. The zero-order valence-electron chi connectivity index (χ0n) is 18.1. The summed E-state index contributed by atoms with van der Waals surface area (Å²) >= 11 is 0. The molecule has 0 saturated carbocycles. The Morgan fingerprint density at radius 1 is 1.06 bits per heavy atom. The van der Waals surface area contributed by atoms with Crippen molar-refractivity contribution in [2.24, 2.45) is 0 Å². The molecule has 6 nitrogen and oxygen atoms in total. The molecule has 0 spiro atoms. The fourth-order valence-corrected chi connectivity index (χ4v) is 3.30. The van der Waals surface area contributed by atoms with Gasteiger partial charge in [-0.15, -0.1) is 0 Å². The summed E-state index contributed by atoms with van der Waals surface area (Å²) in [5.74, 6) is 1.11. The van der Waals surface area contributed by atoms with Gasteiger partial charge in [-0.2, -0.15) is 0 Å². The molecule has 1 aromatic heterocycles. The molecule has 6 heteroatoms. The summed E-state index contributed by atoms with van der Waals surface area (Å²) in [6, 6.07) is 19.9. The van der Waals surface area contributed by atoms with Gasteiger partial charge in [0.1, 0.15) is 5.76 Å². The second-order valence-corrected chi connectivity index (χ2v) is 8.81. The largest absolute Gasteiger partial charge is 0.359 e. The second kappa shape index (κ2) is 8.78.